The van der Waals surface area contributed by atoms with E-state index in [-0.39, 0.29) is 35.8 Å². The molecule has 12 heteroatoms. The number of phenolic OH excluding ortho intramolecular Hbond substituents is 1. The Morgan fingerprint density at radius 3 is 2.48 bits per heavy atom. The van der Waals surface area contributed by atoms with Crippen LogP contribution in [-0.4, -0.2) is 114 Å². The standard InChI is InChI=1S/C30H40N4O8/c1-32(2)23-15(12-34-8-6-7-16(34)13-42-5)11-19(35)21-17(23)9-14-10-18-24(33(3)4)26(37)22(29(31)40)28(39)30(18,41)27(38)20(14)25(21)36/h11,14,16,18,24,35,37-38,41H,6-10,12-13H2,1-5H3,(H2,31,40)/t14-,16-,18-,24-,30-/m0/s1. The van der Waals surface area contributed by atoms with Crippen molar-refractivity contribution in [3.8, 4) is 5.75 Å². The van der Waals surface area contributed by atoms with Gasteiger partial charge in [0.2, 0.25) is 5.78 Å². The highest BCUT2D eigenvalue weighted by Crippen LogP contribution is 2.53. The van der Waals surface area contributed by atoms with Crippen molar-refractivity contribution in [2.24, 2.45) is 17.6 Å². The number of anilines is 1. The molecule has 12 nitrogen and oxygen atoms in total. The Bertz CT molecular complexity index is 1420. The number of likely N-dealkylation sites (tertiary alicyclic amines) is 1. The first-order chi connectivity index (χ1) is 19.7. The average Bonchev–Trinajstić information content (AvgIpc) is 3.32. The summed E-state index contributed by atoms with van der Waals surface area (Å²) in [5.74, 6) is -6.58. The second-order valence-corrected chi connectivity index (χ2v) is 12.3. The fourth-order valence-corrected chi connectivity index (χ4v) is 7.76. The lowest BCUT2D eigenvalue weighted by atomic mass is 9.58. The van der Waals surface area contributed by atoms with Crippen molar-refractivity contribution < 1.29 is 39.5 Å². The minimum Gasteiger partial charge on any atom is -0.510 e. The van der Waals surface area contributed by atoms with E-state index >= 15 is 0 Å². The summed E-state index contributed by atoms with van der Waals surface area (Å²) in [6, 6.07) is 0.785. The number of rotatable bonds is 7. The Kier molecular flexibility index (Phi) is 7.63. The summed E-state index contributed by atoms with van der Waals surface area (Å²) in [6.45, 7) is 2.02. The van der Waals surface area contributed by atoms with E-state index in [2.05, 4.69) is 4.90 Å². The number of benzene rings is 1. The lowest BCUT2D eigenvalue weighted by Crippen LogP contribution is -2.63. The lowest BCUT2D eigenvalue weighted by molar-refractivity contribution is -0.148. The van der Waals surface area contributed by atoms with Gasteiger partial charge in [-0.15, -0.1) is 0 Å². The van der Waals surface area contributed by atoms with Gasteiger partial charge in [0.1, 0.15) is 22.8 Å². The first-order valence-electron chi connectivity index (χ1n) is 14.2. The average molecular weight is 585 g/mol. The second kappa shape index (κ2) is 10.7. The Labute approximate surface area is 244 Å². The Morgan fingerprint density at radius 1 is 1.19 bits per heavy atom. The number of methoxy groups -OCH3 is 1. The number of likely N-dealkylation sites (N-methyl/N-ethyl adjacent to an activating group) is 1. The van der Waals surface area contributed by atoms with Gasteiger partial charge in [0.05, 0.1) is 18.2 Å². The quantitative estimate of drug-likeness (QED) is 0.286. The van der Waals surface area contributed by atoms with Crippen molar-refractivity contribution in [1.29, 1.82) is 0 Å². The number of primary amides is 1. The monoisotopic (exact) mass is 584 g/mol. The number of ketones is 2. The van der Waals surface area contributed by atoms with Crippen molar-refractivity contribution in [2.75, 3.05) is 53.4 Å². The fourth-order valence-electron chi connectivity index (χ4n) is 7.76. The summed E-state index contributed by atoms with van der Waals surface area (Å²) in [6.07, 6.45) is 2.33. The van der Waals surface area contributed by atoms with Crippen LogP contribution in [0.3, 0.4) is 0 Å². The molecular formula is C30H40N4O8. The maximum atomic E-state index is 14.1. The zero-order valence-electron chi connectivity index (χ0n) is 24.7. The van der Waals surface area contributed by atoms with E-state index in [0.29, 0.717) is 18.7 Å². The van der Waals surface area contributed by atoms with Crippen LogP contribution in [0.25, 0.3) is 0 Å². The summed E-state index contributed by atoms with van der Waals surface area (Å²) >= 11 is 0. The second-order valence-electron chi connectivity index (χ2n) is 12.3. The molecule has 0 unspecified atom stereocenters. The van der Waals surface area contributed by atoms with E-state index in [0.717, 1.165) is 30.6 Å². The van der Waals surface area contributed by atoms with Gasteiger partial charge >= 0.3 is 0 Å². The maximum Gasteiger partial charge on any atom is 0.255 e. The van der Waals surface area contributed by atoms with E-state index in [1.165, 1.54) is 0 Å². The van der Waals surface area contributed by atoms with Crippen molar-refractivity contribution in [2.45, 2.75) is 49.9 Å². The molecule has 0 spiro atoms. The van der Waals surface area contributed by atoms with Gasteiger partial charge in [-0.1, -0.05) is 0 Å². The zero-order chi connectivity index (χ0) is 30.8. The highest BCUT2D eigenvalue weighted by Gasteiger charge is 2.63. The molecule has 1 heterocycles. The number of ether oxygens (including phenoxy) is 1. The fraction of sp³-hybridized carbons (Fsp3) is 0.567. The van der Waals surface area contributed by atoms with Crippen LogP contribution in [0.2, 0.25) is 0 Å². The predicted molar refractivity (Wildman–Crippen MR) is 153 cm³/mol. The minimum absolute atomic E-state index is 0.0121. The molecule has 1 aliphatic heterocycles. The summed E-state index contributed by atoms with van der Waals surface area (Å²) < 4.78 is 5.41. The van der Waals surface area contributed by atoms with Crippen molar-refractivity contribution in [1.82, 2.24) is 9.80 Å². The maximum absolute atomic E-state index is 14.1. The largest absolute Gasteiger partial charge is 0.510 e. The molecule has 1 aromatic rings. The molecule has 6 N–H and O–H groups in total. The number of hydrogen-bond acceptors (Lipinski definition) is 11. The molecule has 1 saturated heterocycles. The molecule has 0 bridgehead atoms. The Hall–Kier alpha value is -3.45. The number of nitrogens with two attached hydrogens (primary N) is 1. The zero-order valence-corrected chi connectivity index (χ0v) is 24.7. The molecule has 1 fully saturated rings. The van der Waals surface area contributed by atoms with Gasteiger partial charge in [-0.2, -0.15) is 0 Å². The predicted octanol–water partition coefficient (Wildman–Crippen LogP) is 0.797. The van der Waals surface area contributed by atoms with E-state index in [4.69, 9.17) is 10.5 Å². The number of allylic oxidation sites excluding steroid dienone is 1. The number of amides is 1. The summed E-state index contributed by atoms with van der Waals surface area (Å²) in [5, 5.41) is 45.5. The third kappa shape index (κ3) is 4.31. The molecule has 3 aliphatic carbocycles. The Balaban J connectivity index is 1.65. The lowest BCUT2D eigenvalue weighted by Gasteiger charge is -2.50. The number of carbonyl (C=O) groups excluding carboxylic acids is 3. The van der Waals surface area contributed by atoms with Gasteiger partial charge in [-0.05, 0) is 69.4 Å². The molecule has 1 amide bonds. The number of aliphatic hydroxyl groups is 3. The van der Waals surface area contributed by atoms with Crippen LogP contribution in [0.5, 0.6) is 5.75 Å². The molecule has 228 valence electrons. The summed E-state index contributed by atoms with van der Waals surface area (Å²) in [5.41, 5.74) is 4.04. The molecular weight excluding hydrogens is 544 g/mol. The summed E-state index contributed by atoms with van der Waals surface area (Å²) in [7, 11) is 8.63. The first kappa shape index (κ1) is 30.0. The van der Waals surface area contributed by atoms with E-state index in [1.54, 1.807) is 32.2 Å². The first-order valence-corrected chi connectivity index (χ1v) is 14.2. The van der Waals surface area contributed by atoms with Crippen molar-refractivity contribution in [3.63, 3.8) is 0 Å². The van der Waals surface area contributed by atoms with Gasteiger partial charge in [0.25, 0.3) is 5.91 Å². The normalized spacial score (nSPS) is 29.6. The third-order valence-corrected chi connectivity index (χ3v) is 9.45. The van der Waals surface area contributed by atoms with Crippen LogP contribution >= 0.6 is 0 Å². The highest BCUT2D eigenvalue weighted by atomic mass is 16.5. The number of fused-ring (bicyclic) bond motifs is 3. The van der Waals surface area contributed by atoms with Crippen LogP contribution in [0.4, 0.5) is 5.69 Å². The molecule has 0 aromatic heterocycles. The van der Waals surface area contributed by atoms with Gasteiger partial charge in [0, 0.05) is 51.0 Å². The number of phenols is 1. The highest BCUT2D eigenvalue weighted by molar-refractivity contribution is 6.24. The van der Waals surface area contributed by atoms with Crippen LogP contribution in [0, 0.1) is 11.8 Å². The van der Waals surface area contributed by atoms with Gasteiger partial charge in [-0.25, -0.2) is 0 Å². The number of carbonyl (C=O) groups is 3. The van der Waals surface area contributed by atoms with Crippen LogP contribution in [0.1, 0.15) is 40.7 Å². The van der Waals surface area contributed by atoms with Gasteiger partial charge in [-0.3, -0.25) is 24.2 Å². The van der Waals surface area contributed by atoms with Crippen LogP contribution in [0.15, 0.2) is 28.7 Å². The molecule has 0 radical (unpaired) electrons. The minimum atomic E-state index is -2.66. The number of nitrogens with zero attached hydrogens (tertiary/aromatic N) is 3. The van der Waals surface area contributed by atoms with Gasteiger partial charge < -0.3 is 35.8 Å². The summed E-state index contributed by atoms with van der Waals surface area (Å²) in [4.78, 5) is 45.5. The van der Waals surface area contributed by atoms with E-state index in [1.807, 2.05) is 19.0 Å². The molecule has 4 aliphatic rings. The Morgan fingerprint density at radius 2 is 1.88 bits per heavy atom. The number of hydrogen-bond donors (Lipinski definition) is 5. The number of aliphatic hydroxyl groups excluding tert-OH is 2. The van der Waals surface area contributed by atoms with Gasteiger partial charge in [0.15, 0.2) is 11.4 Å². The molecule has 1 aromatic carbocycles. The molecule has 0 saturated carbocycles. The van der Waals surface area contributed by atoms with Crippen LogP contribution in [-0.2, 0) is 27.3 Å². The van der Waals surface area contributed by atoms with E-state index < -0.39 is 58.0 Å². The number of Topliss-reactive ketones (excluding diaryl/α,β-unsaturated/α-hetero) is 2. The number of aromatic hydroxyl groups is 1. The van der Waals surface area contributed by atoms with Crippen molar-refractivity contribution in [3.05, 3.63) is 45.4 Å². The molecule has 42 heavy (non-hydrogen) atoms. The smallest absolute Gasteiger partial charge is 0.255 e. The third-order valence-electron chi connectivity index (χ3n) is 9.45. The molecule has 5 atom stereocenters. The van der Waals surface area contributed by atoms with Crippen molar-refractivity contribution >= 4 is 23.2 Å². The van der Waals surface area contributed by atoms with E-state index in [9.17, 15) is 34.8 Å². The topological polar surface area (TPSA) is 177 Å². The molecule has 5 rings (SSSR count). The van der Waals surface area contributed by atoms with Crippen LogP contribution < -0.4 is 10.6 Å². The SMILES string of the molecule is COC[C@@H]1CCCN1Cc1cc(O)c2c(c1N(C)C)C[C@H]1C[C@H]3[C@H](N(C)C)C(O)=C(C(N)=O)C(=O)[C@@]3(O)C(O)=C1C2=O.